The first-order chi connectivity index (χ1) is 11.7. The van der Waals surface area contributed by atoms with Gasteiger partial charge in [-0.1, -0.05) is 0 Å². The molecule has 0 spiro atoms. The molecule has 7 heteroatoms. The van der Waals surface area contributed by atoms with Gasteiger partial charge in [0.15, 0.2) is 11.6 Å². The smallest absolute Gasteiger partial charge is 0.410 e. The largest absolute Gasteiger partial charge is 0.444 e. The van der Waals surface area contributed by atoms with Gasteiger partial charge in [-0.15, -0.1) is 0 Å². The Labute approximate surface area is 145 Å². The molecule has 1 saturated carbocycles. The molecule has 2 unspecified atom stereocenters. The fourth-order valence-corrected chi connectivity index (χ4v) is 3.50. The molecule has 1 N–H and O–H groups in total. The van der Waals surface area contributed by atoms with E-state index in [1.165, 1.54) is 0 Å². The highest BCUT2D eigenvalue weighted by Gasteiger charge is 2.56. The predicted molar refractivity (Wildman–Crippen MR) is 86.3 cm³/mol. The summed E-state index contributed by atoms with van der Waals surface area (Å²) in [6.07, 6.45) is -0.282. The Morgan fingerprint density at radius 1 is 1.16 bits per heavy atom. The Hall–Kier alpha value is -1.76. The second-order valence-corrected chi connectivity index (χ2v) is 7.87. The highest BCUT2D eigenvalue weighted by Crippen LogP contribution is 2.51. The van der Waals surface area contributed by atoms with Crippen LogP contribution in [-0.2, 0) is 11.3 Å². The highest BCUT2D eigenvalue weighted by atomic mass is 19.2. The van der Waals surface area contributed by atoms with Crippen LogP contribution in [0.3, 0.4) is 0 Å². The number of fused-ring (bicyclic) bond motifs is 1. The number of piperidine rings is 1. The van der Waals surface area contributed by atoms with Crippen molar-refractivity contribution in [1.29, 1.82) is 0 Å². The Kier molecular flexibility index (Phi) is 4.70. The van der Waals surface area contributed by atoms with E-state index >= 15 is 0 Å². The molecule has 1 aromatic carbocycles. The van der Waals surface area contributed by atoms with E-state index in [4.69, 9.17) is 4.74 Å². The van der Waals surface area contributed by atoms with E-state index in [2.05, 4.69) is 5.32 Å². The van der Waals surface area contributed by atoms with Crippen molar-refractivity contribution in [2.24, 2.45) is 17.8 Å². The number of ether oxygens (including phenoxy) is 1. The molecule has 1 amide bonds. The SMILES string of the molecule is CC(C)(C)OC(=O)N1CC2C(CNCc3cc(F)c(F)cc3F)C2C1. The van der Waals surface area contributed by atoms with Gasteiger partial charge in [0.05, 0.1) is 0 Å². The standard InChI is InChI=1S/C18H23F3N2O2/c1-18(2,3)25-17(24)23-8-12-11(13(12)9-23)7-22-6-10-4-15(20)16(21)5-14(10)19/h4-5,11-13,22H,6-9H2,1-3H3. The van der Waals surface area contributed by atoms with E-state index in [0.717, 1.165) is 6.07 Å². The normalized spacial score (nSPS) is 25.0. The summed E-state index contributed by atoms with van der Waals surface area (Å²) in [5, 5.41) is 3.10. The molecule has 3 rings (SSSR count). The summed E-state index contributed by atoms with van der Waals surface area (Å²) in [7, 11) is 0. The molecule has 0 aromatic heterocycles. The first kappa shape index (κ1) is 18.0. The molecular formula is C18H23F3N2O2. The summed E-state index contributed by atoms with van der Waals surface area (Å²) in [4.78, 5) is 13.7. The van der Waals surface area contributed by atoms with Crippen molar-refractivity contribution < 1.29 is 22.7 Å². The first-order valence-corrected chi connectivity index (χ1v) is 8.48. The number of hydrogen-bond acceptors (Lipinski definition) is 3. The number of halogens is 3. The van der Waals surface area contributed by atoms with Crippen LogP contribution in [0.2, 0.25) is 0 Å². The van der Waals surface area contributed by atoms with Gasteiger partial charge in [0.1, 0.15) is 11.4 Å². The van der Waals surface area contributed by atoms with Crippen LogP contribution in [0.25, 0.3) is 0 Å². The minimum absolute atomic E-state index is 0.111. The summed E-state index contributed by atoms with van der Waals surface area (Å²) >= 11 is 0. The summed E-state index contributed by atoms with van der Waals surface area (Å²) < 4.78 is 45.0. The van der Waals surface area contributed by atoms with E-state index < -0.39 is 23.1 Å². The minimum atomic E-state index is -1.18. The van der Waals surface area contributed by atoms with Crippen LogP contribution in [0, 0.1) is 35.2 Å². The number of carbonyl (C=O) groups excluding carboxylic acids is 1. The number of carbonyl (C=O) groups is 1. The third kappa shape index (κ3) is 4.08. The summed E-state index contributed by atoms with van der Waals surface area (Å²) in [6.45, 7) is 7.67. The van der Waals surface area contributed by atoms with Crippen molar-refractivity contribution in [3.05, 3.63) is 35.1 Å². The number of rotatable bonds is 4. The lowest BCUT2D eigenvalue weighted by molar-refractivity contribution is 0.0265. The van der Waals surface area contributed by atoms with Crippen molar-refractivity contribution in [2.45, 2.75) is 32.9 Å². The van der Waals surface area contributed by atoms with Crippen LogP contribution in [0.5, 0.6) is 0 Å². The van der Waals surface area contributed by atoms with E-state index in [1.807, 2.05) is 20.8 Å². The van der Waals surface area contributed by atoms with Gasteiger partial charge >= 0.3 is 6.09 Å². The molecule has 1 aromatic rings. The van der Waals surface area contributed by atoms with Crippen molar-refractivity contribution in [3.8, 4) is 0 Å². The second-order valence-electron chi connectivity index (χ2n) is 7.87. The topological polar surface area (TPSA) is 41.6 Å². The van der Waals surface area contributed by atoms with Gasteiger partial charge in [-0.2, -0.15) is 0 Å². The van der Waals surface area contributed by atoms with Gasteiger partial charge in [0, 0.05) is 31.3 Å². The maximum absolute atomic E-state index is 13.6. The molecule has 1 heterocycles. The van der Waals surface area contributed by atoms with Gasteiger partial charge in [-0.05, 0) is 51.1 Å². The zero-order valence-corrected chi connectivity index (χ0v) is 14.6. The average Bonchev–Trinajstić information content (AvgIpc) is 2.93. The predicted octanol–water partition coefficient (Wildman–Crippen LogP) is 3.31. The van der Waals surface area contributed by atoms with E-state index in [9.17, 15) is 18.0 Å². The van der Waals surface area contributed by atoms with Crippen LogP contribution in [0.1, 0.15) is 26.3 Å². The molecule has 2 atom stereocenters. The third-order valence-electron chi connectivity index (χ3n) is 4.81. The molecule has 4 nitrogen and oxygen atoms in total. The number of nitrogens with zero attached hydrogens (tertiary/aromatic N) is 1. The Morgan fingerprint density at radius 2 is 1.76 bits per heavy atom. The van der Waals surface area contributed by atoms with Crippen LogP contribution in [-0.4, -0.2) is 36.2 Å². The number of benzene rings is 1. The molecule has 2 aliphatic rings. The van der Waals surface area contributed by atoms with Crippen molar-refractivity contribution in [2.75, 3.05) is 19.6 Å². The maximum Gasteiger partial charge on any atom is 0.410 e. The minimum Gasteiger partial charge on any atom is -0.444 e. The molecule has 138 valence electrons. The molecule has 1 aliphatic carbocycles. The fourth-order valence-electron chi connectivity index (χ4n) is 3.50. The second kappa shape index (κ2) is 6.52. The van der Waals surface area contributed by atoms with Gasteiger partial charge < -0.3 is 15.0 Å². The summed E-state index contributed by atoms with van der Waals surface area (Å²) in [5.41, 5.74) is -0.389. The zero-order chi connectivity index (χ0) is 18.4. The number of hydrogen-bond donors (Lipinski definition) is 1. The molecule has 25 heavy (non-hydrogen) atoms. The number of nitrogens with one attached hydrogen (secondary N) is 1. The molecular weight excluding hydrogens is 333 g/mol. The Morgan fingerprint density at radius 3 is 2.36 bits per heavy atom. The first-order valence-electron chi connectivity index (χ1n) is 8.48. The lowest BCUT2D eigenvalue weighted by atomic mass is 10.2. The van der Waals surface area contributed by atoms with Crippen molar-refractivity contribution in [1.82, 2.24) is 10.2 Å². The Balaban J connectivity index is 1.42. The van der Waals surface area contributed by atoms with E-state index in [1.54, 1.807) is 4.90 Å². The van der Waals surface area contributed by atoms with Crippen LogP contribution in [0.4, 0.5) is 18.0 Å². The third-order valence-corrected chi connectivity index (χ3v) is 4.81. The van der Waals surface area contributed by atoms with Gasteiger partial charge in [0.2, 0.25) is 0 Å². The van der Waals surface area contributed by atoms with Crippen molar-refractivity contribution in [3.63, 3.8) is 0 Å². The quantitative estimate of drug-likeness (QED) is 0.842. The molecule has 2 fully saturated rings. The molecule has 1 aliphatic heterocycles. The lowest BCUT2D eigenvalue weighted by Gasteiger charge is -2.26. The molecule has 0 radical (unpaired) electrons. The maximum atomic E-state index is 13.6. The fraction of sp³-hybridized carbons (Fsp3) is 0.611. The van der Waals surface area contributed by atoms with Crippen LogP contribution < -0.4 is 5.32 Å². The van der Waals surface area contributed by atoms with E-state index in [0.29, 0.717) is 43.5 Å². The molecule has 1 saturated heterocycles. The Bertz CT molecular complexity index is 663. The van der Waals surface area contributed by atoms with Crippen LogP contribution >= 0.6 is 0 Å². The summed E-state index contributed by atoms with van der Waals surface area (Å²) in [5.74, 6) is -1.70. The highest BCUT2D eigenvalue weighted by molar-refractivity contribution is 5.69. The lowest BCUT2D eigenvalue weighted by Crippen LogP contribution is -2.37. The van der Waals surface area contributed by atoms with Gasteiger partial charge in [-0.25, -0.2) is 18.0 Å². The average molecular weight is 356 g/mol. The zero-order valence-electron chi connectivity index (χ0n) is 14.6. The van der Waals surface area contributed by atoms with Gasteiger partial charge in [-0.3, -0.25) is 0 Å². The van der Waals surface area contributed by atoms with Gasteiger partial charge in [0.25, 0.3) is 0 Å². The monoisotopic (exact) mass is 356 g/mol. The van der Waals surface area contributed by atoms with E-state index in [-0.39, 0.29) is 18.2 Å². The summed E-state index contributed by atoms with van der Waals surface area (Å²) in [6, 6.07) is 1.45. The number of likely N-dealkylation sites (tertiary alicyclic amines) is 1. The van der Waals surface area contributed by atoms with Crippen LogP contribution in [0.15, 0.2) is 12.1 Å². The molecule has 0 bridgehead atoms. The van der Waals surface area contributed by atoms with Crippen molar-refractivity contribution >= 4 is 6.09 Å². The number of amides is 1.